The van der Waals surface area contributed by atoms with E-state index in [2.05, 4.69) is 5.32 Å². The first kappa shape index (κ1) is 26.8. The molecule has 10 nitrogen and oxygen atoms in total. The molecule has 0 spiro atoms. The number of carbonyl (C=O) groups is 3. The molecule has 0 aliphatic carbocycles. The fourth-order valence-electron chi connectivity index (χ4n) is 3.84. The topological polar surface area (TPSA) is 128 Å². The molecule has 1 heterocycles. The Hall–Kier alpha value is -4.26. The van der Waals surface area contributed by atoms with Gasteiger partial charge in [0, 0.05) is 12.1 Å². The average Bonchev–Trinajstić information content (AvgIpc) is 2.87. The molecule has 0 radical (unpaired) electrons. The van der Waals surface area contributed by atoms with Crippen molar-refractivity contribution in [1.82, 2.24) is 5.32 Å². The first-order chi connectivity index (χ1) is 18.1. The number of ether oxygens (including phenoxy) is 2. The largest absolute Gasteiger partial charge is 0.493 e. The second kappa shape index (κ2) is 11.0. The minimum atomic E-state index is -0.812. The zero-order valence-corrected chi connectivity index (χ0v) is 22.8. The SMILES string of the molecule is COc1cc(/C=C2\C(=O)NC(=O)N(c3cc(C)ccc3C)C2=O)cc(I)c1OCc1ccc([N+](=O)[O-])cc1. The summed E-state index contributed by atoms with van der Waals surface area (Å²) < 4.78 is 12.1. The highest BCUT2D eigenvalue weighted by Crippen LogP contribution is 2.36. The van der Waals surface area contributed by atoms with Crippen molar-refractivity contribution >= 4 is 57.9 Å². The van der Waals surface area contributed by atoms with Gasteiger partial charge in [-0.25, -0.2) is 9.69 Å². The van der Waals surface area contributed by atoms with Crippen LogP contribution in [0.4, 0.5) is 16.2 Å². The van der Waals surface area contributed by atoms with Crippen LogP contribution in [0.2, 0.25) is 0 Å². The number of halogens is 1. The van der Waals surface area contributed by atoms with Crippen LogP contribution < -0.4 is 19.7 Å². The van der Waals surface area contributed by atoms with Gasteiger partial charge in [-0.2, -0.15) is 0 Å². The Labute approximate surface area is 231 Å². The molecule has 11 heteroatoms. The molecule has 0 aromatic heterocycles. The highest BCUT2D eigenvalue weighted by atomic mass is 127. The van der Waals surface area contributed by atoms with Crippen LogP contribution >= 0.6 is 22.6 Å². The predicted octanol–water partition coefficient (Wildman–Crippen LogP) is 5.07. The number of urea groups is 1. The van der Waals surface area contributed by atoms with E-state index in [1.54, 1.807) is 43.3 Å². The second-order valence-electron chi connectivity index (χ2n) is 8.49. The standard InChI is InChI=1S/C27H22IN3O7/c1-15-4-5-16(2)22(10-15)30-26(33)20(25(32)29-27(30)34)11-18-12-21(28)24(23(13-18)37-3)38-14-17-6-8-19(9-7-17)31(35)36/h4-13H,14H2,1-3H3,(H,29,32,34)/b20-11+. The van der Waals surface area contributed by atoms with Gasteiger partial charge in [-0.1, -0.05) is 12.1 Å². The fraction of sp³-hybridized carbons (Fsp3) is 0.148. The van der Waals surface area contributed by atoms with Crippen molar-refractivity contribution in [2.75, 3.05) is 12.0 Å². The highest BCUT2D eigenvalue weighted by Gasteiger charge is 2.37. The summed E-state index contributed by atoms with van der Waals surface area (Å²) in [7, 11) is 1.46. The van der Waals surface area contributed by atoms with Crippen LogP contribution in [-0.4, -0.2) is 29.9 Å². The summed E-state index contributed by atoms with van der Waals surface area (Å²) in [4.78, 5) is 49.9. The Balaban J connectivity index is 1.63. The maximum absolute atomic E-state index is 13.3. The van der Waals surface area contributed by atoms with E-state index in [0.29, 0.717) is 31.9 Å². The van der Waals surface area contributed by atoms with Crippen LogP contribution in [0.25, 0.3) is 6.08 Å². The van der Waals surface area contributed by atoms with Crippen molar-refractivity contribution in [2.24, 2.45) is 0 Å². The number of hydrogen-bond acceptors (Lipinski definition) is 7. The molecular weight excluding hydrogens is 605 g/mol. The van der Waals surface area contributed by atoms with Gasteiger partial charge in [-0.3, -0.25) is 25.0 Å². The Morgan fingerprint density at radius 2 is 1.76 bits per heavy atom. The Morgan fingerprint density at radius 3 is 2.42 bits per heavy atom. The number of amides is 4. The lowest BCUT2D eigenvalue weighted by molar-refractivity contribution is -0.384. The van der Waals surface area contributed by atoms with E-state index in [1.807, 2.05) is 35.6 Å². The molecule has 0 atom stereocenters. The number of nitro groups is 1. The number of nitro benzene ring substituents is 1. The Morgan fingerprint density at radius 1 is 1.05 bits per heavy atom. The van der Waals surface area contributed by atoms with Crippen molar-refractivity contribution in [3.8, 4) is 11.5 Å². The highest BCUT2D eigenvalue weighted by molar-refractivity contribution is 14.1. The lowest BCUT2D eigenvalue weighted by Gasteiger charge is -2.27. The van der Waals surface area contributed by atoms with Crippen LogP contribution in [0.5, 0.6) is 11.5 Å². The van der Waals surface area contributed by atoms with Gasteiger partial charge >= 0.3 is 6.03 Å². The second-order valence-corrected chi connectivity index (χ2v) is 9.66. The molecule has 38 heavy (non-hydrogen) atoms. The smallest absolute Gasteiger partial charge is 0.335 e. The average molecular weight is 627 g/mol. The molecule has 1 aliphatic heterocycles. The predicted molar refractivity (Wildman–Crippen MR) is 148 cm³/mol. The third-order valence-corrected chi connectivity index (χ3v) is 6.60. The van der Waals surface area contributed by atoms with E-state index < -0.39 is 22.8 Å². The Kier molecular flexibility index (Phi) is 7.76. The molecule has 3 aromatic rings. The number of rotatable bonds is 7. The molecule has 4 amide bonds. The summed E-state index contributed by atoms with van der Waals surface area (Å²) in [6.07, 6.45) is 1.40. The summed E-state index contributed by atoms with van der Waals surface area (Å²) >= 11 is 2.05. The van der Waals surface area contributed by atoms with E-state index in [4.69, 9.17) is 9.47 Å². The van der Waals surface area contributed by atoms with Crippen molar-refractivity contribution in [3.63, 3.8) is 0 Å². The van der Waals surface area contributed by atoms with E-state index >= 15 is 0 Å². The first-order valence-corrected chi connectivity index (χ1v) is 12.4. The number of non-ortho nitro benzene ring substituents is 1. The van der Waals surface area contributed by atoms with Crippen LogP contribution in [0.15, 0.2) is 60.2 Å². The molecule has 3 aromatic carbocycles. The van der Waals surface area contributed by atoms with Crippen molar-refractivity contribution < 1.29 is 28.8 Å². The molecule has 1 fully saturated rings. The number of carbonyl (C=O) groups excluding carboxylic acids is 3. The number of barbiturate groups is 1. The van der Waals surface area contributed by atoms with E-state index in [1.165, 1.54) is 25.3 Å². The number of benzene rings is 3. The summed E-state index contributed by atoms with van der Waals surface area (Å²) in [5.41, 5.74) is 2.95. The van der Waals surface area contributed by atoms with Crippen molar-refractivity contribution in [1.29, 1.82) is 0 Å². The van der Waals surface area contributed by atoms with E-state index in [0.717, 1.165) is 16.0 Å². The number of nitrogens with zero attached hydrogens (tertiary/aromatic N) is 2. The molecule has 1 aliphatic rings. The van der Waals surface area contributed by atoms with E-state index in [9.17, 15) is 24.5 Å². The number of imide groups is 2. The molecule has 1 saturated heterocycles. The van der Waals surface area contributed by atoms with E-state index in [-0.39, 0.29) is 17.9 Å². The molecule has 1 N–H and O–H groups in total. The monoisotopic (exact) mass is 627 g/mol. The molecular formula is C27H22IN3O7. The van der Waals surface area contributed by atoms with Crippen LogP contribution in [-0.2, 0) is 16.2 Å². The lowest BCUT2D eigenvalue weighted by Crippen LogP contribution is -2.54. The quantitative estimate of drug-likeness (QED) is 0.127. The lowest BCUT2D eigenvalue weighted by atomic mass is 10.0. The fourth-order valence-corrected chi connectivity index (χ4v) is 4.62. The summed E-state index contributed by atoms with van der Waals surface area (Å²) in [5.74, 6) is -0.744. The van der Waals surface area contributed by atoms with Crippen LogP contribution in [0.3, 0.4) is 0 Å². The third kappa shape index (κ3) is 5.52. The number of aryl methyl sites for hydroxylation is 2. The minimum Gasteiger partial charge on any atom is -0.493 e. The van der Waals surface area contributed by atoms with Gasteiger partial charge in [0.1, 0.15) is 12.2 Å². The number of methoxy groups -OCH3 is 1. The molecule has 0 unspecified atom stereocenters. The van der Waals surface area contributed by atoms with Gasteiger partial charge in [-0.05, 0) is 95.1 Å². The summed E-state index contributed by atoms with van der Waals surface area (Å²) in [6, 6.07) is 13.9. The van der Waals surface area contributed by atoms with Gasteiger partial charge in [-0.15, -0.1) is 0 Å². The minimum absolute atomic E-state index is 0.0163. The van der Waals surface area contributed by atoms with Gasteiger partial charge < -0.3 is 9.47 Å². The number of hydrogen-bond donors (Lipinski definition) is 1. The van der Waals surface area contributed by atoms with Gasteiger partial charge in [0.2, 0.25) is 0 Å². The van der Waals surface area contributed by atoms with Crippen LogP contribution in [0.1, 0.15) is 22.3 Å². The summed E-state index contributed by atoms with van der Waals surface area (Å²) in [6.45, 7) is 3.76. The molecule has 4 rings (SSSR count). The molecule has 0 bridgehead atoms. The zero-order chi connectivity index (χ0) is 27.6. The normalized spacial score (nSPS) is 14.5. The first-order valence-electron chi connectivity index (χ1n) is 11.3. The maximum atomic E-state index is 13.3. The maximum Gasteiger partial charge on any atom is 0.335 e. The molecule has 0 saturated carbocycles. The zero-order valence-electron chi connectivity index (χ0n) is 20.6. The third-order valence-electron chi connectivity index (χ3n) is 5.80. The van der Waals surface area contributed by atoms with Gasteiger partial charge in [0.05, 0.1) is 21.3 Å². The van der Waals surface area contributed by atoms with Crippen LogP contribution in [0, 0.1) is 27.5 Å². The summed E-state index contributed by atoms with van der Waals surface area (Å²) in [5, 5.41) is 13.1. The number of nitrogens with one attached hydrogen (secondary N) is 1. The molecule has 194 valence electrons. The van der Waals surface area contributed by atoms with Crippen molar-refractivity contribution in [3.05, 3.63) is 96.1 Å². The Bertz CT molecular complexity index is 1500. The van der Waals surface area contributed by atoms with Gasteiger partial charge in [0.15, 0.2) is 11.5 Å². The van der Waals surface area contributed by atoms with Crippen molar-refractivity contribution in [2.45, 2.75) is 20.5 Å². The number of anilines is 1. The van der Waals surface area contributed by atoms with Gasteiger partial charge in [0.25, 0.3) is 17.5 Å².